The Morgan fingerprint density at radius 2 is 1.32 bits per heavy atom. The van der Waals surface area contributed by atoms with Crippen LogP contribution >= 0.6 is 0 Å². The molecule has 0 aromatic heterocycles. The van der Waals surface area contributed by atoms with E-state index in [9.17, 15) is 0 Å². The van der Waals surface area contributed by atoms with Gasteiger partial charge in [0.2, 0.25) is 0 Å². The van der Waals surface area contributed by atoms with Crippen molar-refractivity contribution in [1.29, 1.82) is 0 Å². The largest absolute Gasteiger partial charge is 0.0995 e. The van der Waals surface area contributed by atoms with Crippen LogP contribution in [0.15, 0.2) is 91.0 Å². The highest BCUT2D eigenvalue weighted by atomic mass is 14.3. The lowest BCUT2D eigenvalue weighted by Gasteiger charge is -2.26. The number of hydrogen-bond donors (Lipinski definition) is 0. The first-order chi connectivity index (χ1) is 10.6. The molecule has 0 saturated carbocycles. The van der Waals surface area contributed by atoms with E-state index >= 15 is 0 Å². The zero-order valence-corrected chi connectivity index (χ0v) is 13.5. The van der Waals surface area contributed by atoms with Gasteiger partial charge in [-0.15, -0.1) is 0 Å². The Labute approximate surface area is 134 Å². The second kappa shape index (κ2) is 7.61. The second-order valence-corrected chi connectivity index (χ2v) is 5.88. The Kier molecular flexibility index (Phi) is 5.55. The van der Waals surface area contributed by atoms with E-state index in [0.717, 1.165) is 11.1 Å². The van der Waals surface area contributed by atoms with Crippen molar-refractivity contribution in [2.75, 3.05) is 0 Å². The summed E-state index contributed by atoms with van der Waals surface area (Å²) in [4.78, 5) is 0. The molecule has 0 spiro atoms. The minimum Gasteiger partial charge on any atom is -0.0995 e. The van der Waals surface area contributed by atoms with Crippen molar-refractivity contribution >= 4 is 6.08 Å². The maximum absolute atomic E-state index is 4.18. The maximum Gasteiger partial charge on any atom is 0.0124 e. The van der Waals surface area contributed by atoms with Gasteiger partial charge in [-0.1, -0.05) is 97.1 Å². The topological polar surface area (TPSA) is 0 Å². The van der Waals surface area contributed by atoms with Gasteiger partial charge in [-0.2, -0.15) is 0 Å². The molecule has 0 aliphatic heterocycles. The van der Waals surface area contributed by atoms with E-state index in [4.69, 9.17) is 0 Å². The van der Waals surface area contributed by atoms with Gasteiger partial charge in [-0.3, -0.25) is 0 Å². The monoisotopic (exact) mass is 288 g/mol. The highest BCUT2D eigenvalue weighted by molar-refractivity contribution is 5.51. The molecule has 2 aromatic rings. The van der Waals surface area contributed by atoms with Gasteiger partial charge < -0.3 is 0 Å². The fourth-order valence-electron chi connectivity index (χ4n) is 2.90. The molecule has 22 heavy (non-hydrogen) atoms. The molecule has 0 nitrogen and oxygen atoms in total. The maximum atomic E-state index is 4.18. The van der Waals surface area contributed by atoms with Gasteiger partial charge in [0.25, 0.3) is 0 Å². The minimum absolute atomic E-state index is 0.252. The predicted octanol–water partition coefficient (Wildman–Crippen LogP) is 6.25. The summed E-state index contributed by atoms with van der Waals surface area (Å²) in [5.41, 5.74) is 4.81. The SMILES string of the molecule is C=C(C)C(C(=C)C)C(/C=C/c1ccccc1)c1ccccc1. The molecule has 112 valence electrons. The third-order valence-corrected chi connectivity index (χ3v) is 3.90. The van der Waals surface area contributed by atoms with Crippen LogP contribution in [0.3, 0.4) is 0 Å². The Hall–Kier alpha value is -2.34. The molecule has 0 heterocycles. The first-order valence-electron chi connectivity index (χ1n) is 7.68. The summed E-state index contributed by atoms with van der Waals surface area (Å²) in [6.45, 7) is 12.5. The Balaban J connectivity index is 2.40. The van der Waals surface area contributed by atoms with E-state index in [1.54, 1.807) is 0 Å². The molecule has 0 radical (unpaired) electrons. The quantitative estimate of drug-likeness (QED) is 0.551. The van der Waals surface area contributed by atoms with E-state index in [1.807, 2.05) is 6.07 Å². The summed E-state index contributed by atoms with van der Waals surface area (Å²) in [6.07, 6.45) is 4.47. The molecular weight excluding hydrogens is 264 g/mol. The zero-order valence-electron chi connectivity index (χ0n) is 13.5. The molecule has 0 aliphatic rings. The summed E-state index contributed by atoms with van der Waals surface area (Å²) in [7, 11) is 0. The summed E-state index contributed by atoms with van der Waals surface area (Å²) in [6, 6.07) is 21.0. The lowest BCUT2D eigenvalue weighted by molar-refractivity contribution is 0.638. The van der Waals surface area contributed by atoms with Gasteiger partial charge in [-0.25, -0.2) is 0 Å². The highest BCUT2D eigenvalue weighted by Crippen LogP contribution is 2.35. The molecule has 0 bridgehead atoms. The van der Waals surface area contributed by atoms with E-state index in [1.165, 1.54) is 11.1 Å². The van der Waals surface area contributed by atoms with Crippen LogP contribution in [0.1, 0.15) is 30.9 Å². The van der Waals surface area contributed by atoms with E-state index < -0.39 is 0 Å². The molecule has 0 heteroatoms. The molecule has 2 rings (SSSR count). The number of allylic oxidation sites excluding steroid dienone is 3. The minimum atomic E-state index is 0.252. The smallest absolute Gasteiger partial charge is 0.0124 e. The van der Waals surface area contributed by atoms with Gasteiger partial charge in [0.1, 0.15) is 0 Å². The number of benzene rings is 2. The van der Waals surface area contributed by atoms with Crippen LogP contribution in [0.25, 0.3) is 6.08 Å². The second-order valence-electron chi connectivity index (χ2n) is 5.88. The van der Waals surface area contributed by atoms with Crippen molar-refractivity contribution in [1.82, 2.24) is 0 Å². The summed E-state index contributed by atoms with van der Waals surface area (Å²) in [5, 5.41) is 0. The van der Waals surface area contributed by atoms with Crippen LogP contribution in [0.2, 0.25) is 0 Å². The van der Waals surface area contributed by atoms with Gasteiger partial charge in [0.05, 0.1) is 0 Å². The average Bonchev–Trinajstić information content (AvgIpc) is 2.52. The van der Waals surface area contributed by atoms with Crippen LogP contribution in [-0.4, -0.2) is 0 Å². The third kappa shape index (κ3) is 4.08. The van der Waals surface area contributed by atoms with Gasteiger partial charge in [0.15, 0.2) is 0 Å². The molecule has 1 atom stereocenters. The van der Waals surface area contributed by atoms with Gasteiger partial charge in [0, 0.05) is 11.8 Å². The van der Waals surface area contributed by atoms with Crippen LogP contribution in [-0.2, 0) is 0 Å². The first kappa shape index (κ1) is 16.0. The van der Waals surface area contributed by atoms with Gasteiger partial charge in [-0.05, 0) is 25.0 Å². The van der Waals surface area contributed by atoms with Crippen molar-refractivity contribution in [2.24, 2.45) is 5.92 Å². The van der Waals surface area contributed by atoms with Crippen molar-refractivity contribution in [3.8, 4) is 0 Å². The molecule has 0 saturated heterocycles. The Morgan fingerprint density at radius 3 is 1.82 bits per heavy atom. The van der Waals surface area contributed by atoms with Crippen molar-refractivity contribution in [3.63, 3.8) is 0 Å². The number of rotatable bonds is 6. The number of hydrogen-bond acceptors (Lipinski definition) is 0. The van der Waals surface area contributed by atoms with Crippen molar-refractivity contribution in [3.05, 3.63) is 102 Å². The molecule has 2 aromatic carbocycles. The van der Waals surface area contributed by atoms with Crippen molar-refractivity contribution < 1.29 is 0 Å². The standard InChI is InChI=1S/C22H24/c1-17(2)22(18(3)4)21(20-13-9-6-10-14-20)16-15-19-11-7-5-8-12-19/h5-16,21-22H,1,3H2,2,4H3/b16-15+. The lowest BCUT2D eigenvalue weighted by atomic mass is 9.78. The summed E-state index contributed by atoms with van der Waals surface area (Å²) < 4.78 is 0. The average molecular weight is 288 g/mol. The predicted molar refractivity (Wildman–Crippen MR) is 97.8 cm³/mol. The first-order valence-corrected chi connectivity index (χ1v) is 7.68. The molecule has 0 amide bonds. The normalized spacial score (nSPS) is 12.5. The van der Waals surface area contributed by atoms with E-state index in [-0.39, 0.29) is 11.8 Å². The fourth-order valence-corrected chi connectivity index (χ4v) is 2.90. The third-order valence-electron chi connectivity index (χ3n) is 3.90. The Bertz CT molecular complexity index is 633. The molecule has 0 fully saturated rings. The highest BCUT2D eigenvalue weighted by Gasteiger charge is 2.22. The van der Waals surface area contributed by atoms with Gasteiger partial charge >= 0.3 is 0 Å². The van der Waals surface area contributed by atoms with Crippen LogP contribution in [0.5, 0.6) is 0 Å². The van der Waals surface area contributed by atoms with Crippen LogP contribution in [0, 0.1) is 5.92 Å². The van der Waals surface area contributed by atoms with E-state index in [2.05, 4.69) is 93.8 Å². The van der Waals surface area contributed by atoms with E-state index in [0.29, 0.717) is 0 Å². The van der Waals surface area contributed by atoms with Crippen LogP contribution < -0.4 is 0 Å². The molecule has 0 N–H and O–H groups in total. The fraction of sp³-hybridized carbons (Fsp3) is 0.182. The zero-order chi connectivity index (χ0) is 15.9. The Morgan fingerprint density at radius 1 is 0.818 bits per heavy atom. The lowest BCUT2D eigenvalue weighted by Crippen LogP contribution is -2.13. The molecule has 0 aliphatic carbocycles. The summed E-state index contributed by atoms with van der Waals surface area (Å²) in [5.74, 6) is 0.513. The molecular formula is C22H24. The van der Waals surface area contributed by atoms with Crippen LogP contribution in [0.4, 0.5) is 0 Å². The molecule has 1 unspecified atom stereocenters. The summed E-state index contributed by atoms with van der Waals surface area (Å²) >= 11 is 0. The van der Waals surface area contributed by atoms with Crippen molar-refractivity contribution in [2.45, 2.75) is 19.8 Å².